The molecule has 0 atom stereocenters. The van der Waals surface area contributed by atoms with E-state index >= 15 is 0 Å². The van der Waals surface area contributed by atoms with Crippen LogP contribution in [0.5, 0.6) is 0 Å². The van der Waals surface area contributed by atoms with E-state index in [0.717, 1.165) is 25.9 Å². The second kappa shape index (κ2) is 11.0. The first-order chi connectivity index (χ1) is 13.3. The average molecular weight is 418 g/mol. The van der Waals surface area contributed by atoms with Crippen molar-refractivity contribution in [1.29, 1.82) is 0 Å². The predicted octanol–water partition coefficient (Wildman–Crippen LogP) is -0.0533. The fourth-order valence-corrected chi connectivity index (χ4v) is 4.62. The lowest BCUT2D eigenvalue weighted by Crippen LogP contribution is -2.54. The maximum atomic E-state index is 12.5. The summed E-state index contributed by atoms with van der Waals surface area (Å²) in [7, 11) is -3.32. The maximum absolute atomic E-state index is 12.5. The third kappa shape index (κ3) is 6.89. The molecule has 0 unspecified atom stereocenters. The lowest BCUT2D eigenvalue weighted by molar-refractivity contribution is -0.128. The Morgan fingerprint density at radius 1 is 1.07 bits per heavy atom. The number of nitrogens with zero attached hydrogens (tertiary/aromatic N) is 4. The number of likely N-dealkylation sites (tertiary alicyclic amines) is 1. The summed E-state index contributed by atoms with van der Waals surface area (Å²) in [5.74, 6) is 0.735. The van der Waals surface area contributed by atoms with Crippen molar-refractivity contribution in [2.45, 2.75) is 39.7 Å². The third-order valence-corrected chi connectivity index (χ3v) is 6.72. The molecule has 2 fully saturated rings. The molecule has 0 bridgehead atoms. The zero-order chi connectivity index (χ0) is 20.6. The molecule has 0 aliphatic carbocycles. The van der Waals surface area contributed by atoms with Gasteiger partial charge in [-0.05, 0) is 33.6 Å². The van der Waals surface area contributed by atoms with Crippen LogP contribution in [0.25, 0.3) is 0 Å². The molecular weight excluding hydrogens is 382 g/mol. The van der Waals surface area contributed by atoms with E-state index in [4.69, 9.17) is 4.74 Å². The monoisotopic (exact) mass is 417 g/mol. The minimum atomic E-state index is -3.32. The average Bonchev–Trinajstić information content (AvgIpc) is 3.19. The normalized spacial score (nSPS) is 19.5. The van der Waals surface area contributed by atoms with Gasteiger partial charge in [0.2, 0.25) is 15.9 Å². The molecular formula is C18H35N5O4S. The van der Waals surface area contributed by atoms with Crippen LogP contribution >= 0.6 is 0 Å². The van der Waals surface area contributed by atoms with Crippen LogP contribution in [0.4, 0.5) is 0 Å². The number of rotatable bonds is 8. The molecule has 9 nitrogen and oxygen atoms in total. The number of hydrogen-bond donors (Lipinski definition) is 1. The van der Waals surface area contributed by atoms with Crippen LogP contribution in [0.2, 0.25) is 0 Å². The van der Waals surface area contributed by atoms with Crippen molar-refractivity contribution in [3.05, 3.63) is 0 Å². The Hall–Kier alpha value is -1.39. The zero-order valence-corrected chi connectivity index (χ0v) is 18.2. The van der Waals surface area contributed by atoms with Crippen molar-refractivity contribution < 1.29 is 17.9 Å². The zero-order valence-electron chi connectivity index (χ0n) is 17.4. The van der Waals surface area contributed by atoms with Gasteiger partial charge in [-0.1, -0.05) is 0 Å². The van der Waals surface area contributed by atoms with E-state index in [0.29, 0.717) is 38.7 Å². The number of carbonyl (C=O) groups is 1. The minimum absolute atomic E-state index is 0.00364. The molecule has 0 radical (unpaired) electrons. The lowest BCUT2D eigenvalue weighted by Gasteiger charge is -2.36. The number of ether oxygens (including phenoxy) is 1. The Morgan fingerprint density at radius 2 is 1.71 bits per heavy atom. The van der Waals surface area contributed by atoms with E-state index in [-0.39, 0.29) is 30.9 Å². The summed E-state index contributed by atoms with van der Waals surface area (Å²) >= 11 is 0. The van der Waals surface area contributed by atoms with Gasteiger partial charge in [-0.3, -0.25) is 4.79 Å². The highest BCUT2D eigenvalue weighted by Gasteiger charge is 2.28. The molecule has 2 saturated heterocycles. The number of carbonyl (C=O) groups excluding carboxylic acids is 1. The van der Waals surface area contributed by atoms with Gasteiger partial charge in [0.15, 0.2) is 5.96 Å². The second-order valence-corrected chi connectivity index (χ2v) is 9.47. The molecule has 0 aromatic heterocycles. The molecule has 0 aromatic carbocycles. The van der Waals surface area contributed by atoms with Gasteiger partial charge in [0.05, 0.1) is 18.5 Å². The van der Waals surface area contributed by atoms with Crippen molar-refractivity contribution in [3.8, 4) is 0 Å². The van der Waals surface area contributed by atoms with E-state index in [9.17, 15) is 13.2 Å². The summed E-state index contributed by atoms with van der Waals surface area (Å²) in [4.78, 5) is 20.6. The first kappa shape index (κ1) is 22.9. The molecule has 162 valence electrons. The van der Waals surface area contributed by atoms with Crippen molar-refractivity contribution in [1.82, 2.24) is 19.4 Å². The molecule has 2 aliphatic rings. The van der Waals surface area contributed by atoms with Crippen LogP contribution in [0.15, 0.2) is 4.99 Å². The topological polar surface area (TPSA) is 94.5 Å². The van der Waals surface area contributed by atoms with Gasteiger partial charge in [-0.15, -0.1) is 0 Å². The van der Waals surface area contributed by atoms with Gasteiger partial charge in [0.25, 0.3) is 0 Å². The lowest BCUT2D eigenvalue weighted by atomic mass is 10.4. The summed E-state index contributed by atoms with van der Waals surface area (Å²) in [5.41, 5.74) is 0. The standard InChI is InChI=1S/C18H35N5O4S/c1-4-19-18(20-15-17(24)21-7-5-6-8-21)22-9-11-23(12-10-22)28(25,26)14-13-27-16(2)3/h16H,4-15H2,1-3H3,(H,19,20). The van der Waals surface area contributed by atoms with Crippen molar-refractivity contribution in [3.63, 3.8) is 0 Å². The van der Waals surface area contributed by atoms with Gasteiger partial charge < -0.3 is 19.9 Å². The Bertz CT molecular complexity index is 624. The van der Waals surface area contributed by atoms with Gasteiger partial charge in [-0.2, -0.15) is 4.31 Å². The molecule has 1 amide bonds. The van der Waals surface area contributed by atoms with E-state index < -0.39 is 10.0 Å². The summed E-state index contributed by atoms with van der Waals surface area (Å²) in [5, 5.41) is 3.22. The molecule has 28 heavy (non-hydrogen) atoms. The van der Waals surface area contributed by atoms with Crippen molar-refractivity contribution >= 4 is 21.9 Å². The van der Waals surface area contributed by atoms with Crippen LogP contribution < -0.4 is 5.32 Å². The molecule has 1 N–H and O–H groups in total. The third-order valence-electron chi connectivity index (χ3n) is 4.88. The highest BCUT2D eigenvalue weighted by molar-refractivity contribution is 7.89. The van der Waals surface area contributed by atoms with Crippen LogP contribution in [0.3, 0.4) is 0 Å². The number of sulfonamides is 1. The Kier molecular flexibility index (Phi) is 8.97. The van der Waals surface area contributed by atoms with Crippen LogP contribution in [-0.4, -0.2) is 105 Å². The highest BCUT2D eigenvalue weighted by atomic mass is 32.2. The molecule has 10 heteroatoms. The number of piperazine rings is 1. The van der Waals surface area contributed by atoms with Gasteiger partial charge >= 0.3 is 0 Å². The first-order valence-electron chi connectivity index (χ1n) is 10.2. The fourth-order valence-electron chi connectivity index (χ4n) is 3.33. The Morgan fingerprint density at radius 3 is 2.29 bits per heavy atom. The van der Waals surface area contributed by atoms with Crippen LogP contribution in [0.1, 0.15) is 33.6 Å². The van der Waals surface area contributed by atoms with Gasteiger partial charge in [0, 0.05) is 45.8 Å². The van der Waals surface area contributed by atoms with Gasteiger partial charge in [0.1, 0.15) is 6.54 Å². The summed E-state index contributed by atoms with van der Waals surface area (Å²) < 4.78 is 31.8. The summed E-state index contributed by atoms with van der Waals surface area (Å²) in [6.07, 6.45) is 2.15. The molecule has 2 heterocycles. The Balaban J connectivity index is 1.87. The maximum Gasteiger partial charge on any atom is 0.244 e. The molecule has 0 saturated carbocycles. The Labute approximate surface area is 169 Å². The number of hydrogen-bond acceptors (Lipinski definition) is 5. The number of nitrogens with one attached hydrogen (secondary N) is 1. The molecule has 2 rings (SSSR count). The van der Waals surface area contributed by atoms with E-state index in [1.807, 2.05) is 30.6 Å². The molecule has 0 spiro atoms. The summed E-state index contributed by atoms with van der Waals surface area (Å²) in [6, 6.07) is 0. The number of aliphatic imine (C=N–C) groups is 1. The van der Waals surface area contributed by atoms with Crippen molar-refractivity contribution in [2.24, 2.45) is 4.99 Å². The quantitative estimate of drug-likeness (QED) is 0.439. The SMILES string of the molecule is CCNC(=NCC(=O)N1CCCC1)N1CCN(S(=O)(=O)CCOC(C)C)CC1. The predicted molar refractivity (Wildman–Crippen MR) is 110 cm³/mol. The first-order valence-corrected chi connectivity index (χ1v) is 11.8. The summed E-state index contributed by atoms with van der Waals surface area (Å²) in [6.45, 7) is 10.4. The molecule has 0 aromatic rings. The number of guanidine groups is 1. The van der Waals surface area contributed by atoms with Crippen LogP contribution in [-0.2, 0) is 19.6 Å². The van der Waals surface area contributed by atoms with Crippen molar-refractivity contribution in [2.75, 3.05) is 64.7 Å². The van der Waals surface area contributed by atoms with Gasteiger partial charge in [-0.25, -0.2) is 13.4 Å². The van der Waals surface area contributed by atoms with E-state index in [2.05, 4.69) is 10.3 Å². The minimum Gasteiger partial charge on any atom is -0.378 e. The van der Waals surface area contributed by atoms with E-state index in [1.54, 1.807) is 0 Å². The smallest absolute Gasteiger partial charge is 0.244 e. The highest BCUT2D eigenvalue weighted by Crippen LogP contribution is 2.10. The van der Waals surface area contributed by atoms with Crippen LogP contribution in [0, 0.1) is 0 Å². The van der Waals surface area contributed by atoms with E-state index in [1.165, 1.54) is 4.31 Å². The largest absolute Gasteiger partial charge is 0.378 e. The number of amides is 1. The second-order valence-electron chi connectivity index (χ2n) is 7.38. The molecule has 2 aliphatic heterocycles. The fraction of sp³-hybridized carbons (Fsp3) is 0.889.